The first-order chi connectivity index (χ1) is 13.6. The average molecular weight is 383 g/mol. The topological polar surface area (TPSA) is 65.6 Å². The van der Waals surface area contributed by atoms with Crippen LogP contribution in [-0.2, 0) is 4.74 Å². The van der Waals surface area contributed by atoms with Gasteiger partial charge in [0.05, 0.1) is 13.2 Å². The lowest BCUT2D eigenvalue weighted by atomic mass is 10.1. The van der Waals surface area contributed by atoms with Crippen LogP contribution < -0.4 is 16.0 Å². The van der Waals surface area contributed by atoms with Gasteiger partial charge in [-0.2, -0.15) is 0 Å². The lowest BCUT2D eigenvalue weighted by Crippen LogP contribution is -2.40. The van der Waals surface area contributed by atoms with Crippen LogP contribution in [0.15, 0.2) is 54.6 Å². The van der Waals surface area contributed by atoms with Crippen molar-refractivity contribution in [1.82, 2.24) is 10.2 Å². The summed E-state index contributed by atoms with van der Waals surface area (Å²) in [4.78, 5) is 14.6. The highest BCUT2D eigenvalue weighted by atomic mass is 16.5. The summed E-state index contributed by atoms with van der Waals surface area (Å²) in [6.45, 7) is 8.35. The molecule has 3 rings (SSSR count). The number of nitrogens with one attached hydrogen (secondary N) is 3. The monoisotopic (exact) mass is 382 g/mol. The van der Waals surface area contributed by atoms with Gasteiger partial charge >= 0.3 is 6.03 Å². The highest BCUT2D eigenvalue weighted by molar-refractivity contribution is 5.89. The van der Waals surface area contributed by atoms with Crippen LogP contribution in [0.2, 0.25) is 0 Å². The summed E-state index contributed by atoms with van der Waals surface area (Å²) in [5, 5.41) is 9.17. The third kappa shape index (κ3) is 5.97. The first kappa shape index (κ1) is 20.2. The third-order valence-electron chi connectivity index (χ3n) is 5.01. The molecular formula is C22H30N4O2. The molecule has 2 unspecified atom stereocenters. The fourth-order valence-electron chi connectivity index (χ4n) is 3.29. The number of nitrogens with zero attached hydrogens (tertiary/aromatic N) is 1. The summed E-state index contributed by atoms with van der Waals surface area (Å²) >= 11 is 0. The molecule has 1 aliphatic heterocycles. The largest absolute Gasteiger partial charge is 0.383 e. The molecule has 2 aromatic carbocycles. The van der Waals surface area contributed by atoms with Crippen molar-refractivity contribution in [2.45, 2.75) is 25.9 Å². The van der Waals surface area contributed by atoms with E-state index < -0.39 is 0 Å². The van der Waals surface area contributed by atoms with E-state index in [1.807, 2.05) is 49.4 Å². The Morgan fingerprint density at radius 1 is 1.00 bits per heavy atom. The van der Waals surface area contributed by atoms with Crippen molar-refractivity contribution in [3.8, 4) is 0 Å². The minimum atomic E-state index is -0.198. The molecule has 0 radical (unpaired) electrons. The van der Waals surface area contributed by atoms with Gasteiger partial charge in [0.2, 0.25) is 0 Å². The second-order valence-electron chi connectivity index (χ2n) is 7.19. The van der Waals surface area contributed by atoms with Gasteiger partial charge in [0, 0.05) is 43.1 Å². The second-order valence-corrected chi connectivity index (χ2v) is 7.19. The second kappa shape index (κ2) is 10.1. The van der Waals surface area contributed by atoms with Crippen molar-refractivity contribution in [3.05, 3.63) is 60.2 Å². The Balaban J connectivity index is 1.44. The number of para-hydroxylation sites is 1. The Bertz CT molecular complexity index is 730. The van der Waals surface area contributed by atoms with Gasteiger partial charge in [0.15, 0.2) is 0 Å². The van der Waals surface area contributed by atoms with E-state index in [1.165, 1.54) is 5.56 Å². The Morgan fingerprint density at radius 2 is 1.68 bits per heavy atom. The van der Waals surface area contributed by atoms with Crippen molar-refractivity contribution in [2.75, 3.05) is 43.5 Å². The van der Waals surface area contributed by atoms with Gasteiger partial charge in [-0.25, -0.2) is 4.79 Å². The molecule has 6 nitrogen and oxygen atoms in total. The summed E-state index contributed by atoms with van der Waals surface area (Å²) in [7, 11) is 0. The third-order valence-corrected chi connectivity index (χ3v) is 5.01. The molecule has 2 amide bonds. The van der Waals surface area contributed by atoms with E-state index >= 15 is 0 Å². The first-order valence-electron chi connectivity index (χ1n) is 9.90. The molecule has 2 atom stereocenters. The predicted molar refractivity (Wildman–Crippen MR) is 114 cm³/mol. The number of benzene rings is 2. The van der Waals surface area contributed by atoms with E-state index in [0.717, 1.165) is 37.7 Å². The van der Waals surface area contributed by atoms with Crippen molar-refractivity contribution in [3.63, 3.8) is 0 Å². The molecule has 1 fully saturated rings. The predicted octanol–water partition coefficient (Wildman–Crippen LogP) is 3.70. The molecule has 0 saturated carbocycles. The van der Waals surface area contributed by atoms with E-state index in [1.54, 1.807) is 0 Å². The Kier molecular flexibility index (Phi) is 7.28. The molecule has 1 saturated heterocycles. The van der Waals surface area contributed by atoms with Crippen molar-refractivity contribution < 1.29 is 9.53 Å². The summed E-state index contributed by atoms with van der Waals surface area (Å²) < 4.78 is 5.42. The van der Waals surface area contributed by atoms with Crippen LogP contribution in [-0.4, -0.2) is 49.8 Å². The van der Waals surface area contributed by atoms with Crippen LogP contribution in [0.3, 0.4) is 0 Å². The van der Waals surface area contributed by atoms with Crippen molar-refractivity contribution in [2.24, 2.45) is 0 Å². The average Bonchev–Trinajstić information content (AvgIpc) is 2.73. The Morgan fingerprint density at radius 3 is 2.36 bits per heavy atom. The molecule has 1 aliphatic rings. The van der Waals surface area contributed by atoms with Crippen molar-refractivity contribution >= 4 is 17.4 Å². The van der Waals surface area contributed by atoms with Crippen LogP contribution in [0.1, 0.15) is 25.5 Å². The molecule has 28 heavy (non-hydrogen) atoms. The lowest BCUT2D eigenvalue weighted by Gasteiger charge is -2.32. The van der Waals surface area contributed by atoms with Crippen molar-refractivity contribution in [1.29, 1.82) is 0 Å². The number of rotatable bonds is 7. The van der Waals surface area contributed by atoms with Crippen LogP contribution >= 0.6 is 0 Å². The zero-order valence-electron chi connectivity index (χ0n) is 16.7. The number of morpholine rings is 1. The maximum Gasteiger partial charge on any atom is 0.319 e. The minimum Gasteiger partial charge on any atom is -0.383 e. The number of ether oxygens (including phenoxy) is 1. The van der Waals surface area contributed by atoms with E-state index in [0.29, 0.717) is 12.6 Å². The van der Waals surface area contributed by atoms with E-state index in [2.05, 4.69) is 39.9 Å². The van der Waals surface area contributed by atoms with Crippen LogP contribution in [0.4, 0.5) is 16.2 Å². The SMILES string of the molecule is CC(CNc1ccccc1)NC(=O)Nc1ccc(C(C)N2CCOCC2)cc1. The normalized spacial score (nSPS) is 16.8. The van der Waals surface area contributed by atoms with Gasteiger partial charge < -0.3 is 20.7 Å². The molecule has 0 aliphatic carbocycles. The summed E-state index contributed by atoms with van der Waals surface area (Å²) in [6.07, 6.45) is 0. The van der Waals surface area contributed by atoms with Gasteiger partial charge in [-0.1, -0.05) is 30.3 Å². The molecule has 1 heterocycles. The van der Waals surface area contributed by atoms with E-state index in [4.69, 9.17) is 4.74 Å². The number of anilines is 2. The van der Waals surface area contributed by atoms with Crippen LogP contribution in [0, 0.1) is 0 Å². The molecule has 0 spiro atoms. The van der Waals surface area contributed by atoms with E-state index in [-0.39, 0.29) is 12.1 Å². The number of hydrogen-bond acceptors (Lipinski definition) is 4. The number of urea groups is 1. The molecular weight excluding hydrogens is 352 g/mol. The van der Waals surface area contributed by atoms with Gasteiger partial charge in [-0.3, -0.25) is 4.90 Å². The maximum atomic E-state index is 12.2. The molecule has 2 aromatic rings. The number of amides is 2. The molecule has 0 bridgehead atoms. The summed E-state index contributed by atoms with van der Waals surface area (Å²) in [5.41, 5.74) is 3.08. The molecule has 3 N–H and O–H groups in total. The quantitative estimate of drug-likeness (QED) is 0.683. The Labute approximate surface area is 167 Å². The van der Waals surface area contributed by atoms with Gasteiger partial charge in [-0.05, 0) is 43.7 Å². The fourth-order valence-corrected chi connectivity index (χ4v) is 3.29. The molecule has 6 heteroatoms. The van der Waals surface area contributed by atoms with Gasteiger partial charge in [0.1, 0.15) is 0 Å². The minimum absolute atomic E-state index is 0.000761. The zero-order chi connectivity index (χ0) is 19.8. The molecule has 0 aromatic heterocycles. The first-order valence-corrected chi connectivity index (χ1v) is 9.90. The lowest BCUT2D eigenvalue weighted by molar-refractivity contribution is 0.0198. The van der Waals surface area contributed by atoms with Crippen LogP contribution in [0.5, 0.6) is 0 Å². The highest BCUT2D eigenvalue weighted by Gasteiger charge is 2.18. The Hall–Kier alpha value is -2.57. The zero-order valence-corrected chi connectivity index (χ0v) is 16.7. The number of carbonyl (C=O) groups is 1. The van der Waals surface area contributed by atoms with Gasteiger partial charge in [-0.15, -0.1) is 0 Å². The molecule has 150 valence electrons. The summed E-state index contributed by atoms with van der Waals surface area (Å²) in [5.74, 6) is 0. The number of hydrogen-bond donors (Lipinski definition) is 3. The fraction of sp³-hybridized carbons (Fsp3) is 0.409. The summed E-state index contributed by atoms with van der Waals surface area (Å²) in [6, 6.07) is 18.2. The number of carbonyl (C=O) groups excluding carboxylic acids is 1. The maximum absolute atomic E-state index is 12.2. The smallest absolute Gasteiger partial charge is 0.319 e. The highest BCUT2D eigenvalue weighted by Crippen LogP contribution is 2.22. The van der Waals surface area contributed by atoms with Gasteiger partial charge in [0.25, 0.3) is 0 Å². The van der Waals surface area contributed by atoms with E-state index in [9.17, 15) is 4.79 Å². The standard InChI is InChI=1S/C22H30N4O2/c1-17(16-23-20-6-4-3-5-7-20)24-22(27)25-21-10-8-19(9-11-21)18(2)26-12-14-28-15-13-26/h3-11,17-18,23H,12-16H2,1-2H3,(H2,24,25,27). The van der Waals surface area contributed by atoms with Crippen LogP contribution in [0.25, 0.3) is 0 Å².